The number of aromatic nitrogens is 2. The number of nitrogens with zero attached hydrogens (tertiary/aromatic N) is 4. The number of carbonyl (C=O) groups is 2. The third-order valence-electron chi connectivity index (χ3n) is 3.80. The molecule has 10 heteroatoms. The van der Waals surface area contributed by atoms with E-state index in [1.807, 2.05) is 11.9 Å². The summed E-state index contributed by atoms with van der Waals surface area (Å²) < 4.78 is 5.56. The van der Waals surface area contributed by atoms with Crippen LogP contribution in [0.25, 0.3) is 0 Å². The van der Waals surface area contributed by atoms with Gasteiger partial charge in [-0.15, -0.1) is 5.10 Å². The minimum absolute atomic E-state index is 0.538. The maximum atomic E-state index is 9.00. The number of carboxylic acids is 2. The number of carboxylic acid groups (broad SMARTS) is 2. The Morgan fingerprint density at radius 3 is 2.37 bits per heavy atom. The lowest BCUT2D eigenvalue weighted by atomic mass is 10.0. The van der Waals surface area contributed by atoms with Crippen LogP contribution in [0, 0.1) is 0 Å². The van der Waals surface area contributed by atoms with Crippen molar-refractivity contribution in [2.45, 2.75) is 52.5 Å². The van der Waals surface area contributed by atoms with Crippen molar-refractivity contribution in [2.24, 2.45) is 5.73 Å². The molecule has 1 aromatic heterocycles. The molecule has 2 heterocycles. The first-order valence-corrected chi connectivity index (χ1v) is 9.04. The predicted molar refractivity (Wildman–Crippen MR) is 102 cm³/mol. The quantitative estimate of drug-likeness (QED) is 0.647. The maximum absolute atomic E-state index is 9.00. The average molecular weight is 387 g/mol. The third kappa shape index (κ3) is 12.7. The summed E-state index contributed by atoms with van der Waals surface area (Å²) in [7, 11) is 1.99. The van der Waals surface area contributed by atoms with Crippen LogP contribution in [0.5, 0.6) is 0 Å². The van der Waals surface area contributed by atoms with Gasteiger partial charge in [-0.2, -0.15) is 0 Å². The van der Waals surface area contributed by atoms with Gasteiger partial charge in [-0.3, -0.25) is 14.5 Å². The van der Waals surface area contributed by atoms with Crippen LogP contribution in [0.4, 0.5) is 6.01 Å². The van der Waals surface area contributed by atoms with E-state index in [0.717, 1.165) is 26.9 Å². The molecule has 0 aromatic carbocycles. The molecule has 2 rings (SSSR count). The maximum Gasteiger partial charge on any atom is 0.317 e. The van der Waals surface area contributed by atoms with Gasteiger partial charge in [-0.25, -0.2) is 0 Å². The van der Waals surface area contributed by atoms with Crippen molar-refractivity contribution in [1.82, 2.24) is 15.1 Å². The van der Waals surface area contributed by atoms with Gasteiger partial charge in [0.15, 0.2) is 0 Å². The Hall–Kier alpha value is -2.20. The fourth-order valence-corrected chi connectivity index (χ4v) is 2.49. The number of nitrogens with two attached hydrogens (primary N) is 1. The molecule has 1 atom stereocenters. The summed E-state index contributed by atoms with van der Waals surface area (Å²) in [5, 5.41) is 22.9. The van der Waals surface area contributed by atoms with Crippen LogP contribution in [0.15, 0.2) is 4.42 Å². The number of hydrogen-bond donors (Lipinski definition) is 3. The molecule has 1 aliphatic rings. The van der Waals surface area contributed by atoms with E-state index in [2.05, 4.69) is 22.0 Å². The largest absolute Gasteiger partial charge is 0.481 e. The van der Waals surface area contributed by atoms with E-state index < -0.39 is 11.9 Å². The lowest BCUT2D eigenvalue weighted by molar-refractivity contribution is -0.135. The van der Waals surface area contributed by atoms with Gasteiger partial charge in [0.05, 0.1) is 0 Å². The molecule has 0 saturated carbocycles. The van der Waals surface area contributed by atoms with Crippen LogP contribution in [-0.2, 0) is 16.0 Å². The molecule has 0 spiro atoms. The molecule has 1 aromatic rings. The number of piperidine rings is 1. The SMILES string of the molecule is CC(=O)O.CC(=O)O.CC1CCCCN1CCN(C)c1nnc(CCN)o1. The highest BCUT2D eigenvalue weighted by Gasteiger charge is 2.19. The molecule has 0 aliphatic carbocycles. The number of likely N-dealkylation sites (N-methyl/N-ethyl adjacent to an activating group) is 1. The standard InChI is InChI=1S/C13H25N5O.2C2H4O2/c1-11-5-3-4-8-18(11)10-9-17(2)13-16-15-12(19-13)6-7-14;2*1-2(3)4/h11H,3-10,14H2,1-2H3;2*1H3,(H,3,4). The fourth-order valence-electron chi connectivity index (χ4n) is 2.49. The zero-order valence-electron chi connectivity index (χ0n) is 16.7. The molecule has 156 valence electrons. The summed E-state index contributed by atoms with van der Waals surface area (Å²) in [6.45, 7) is 8.18. The van der Waals surface area contributed by atoms with Crippen LogP contribution in [0.2, 0.25) is 0 Å². The minimum atomic E-state index is -0.833. The van der Waals surface area contributed by atoms with E-state index in [9.17, 15) is 0 Å². The summed E-state index contributed by atoms with van der Waals surface area (Å²) in [5.74, 6) is -1.05. The second-order valence-electron chi connectivity index (χ2n) is 6.36. The summed E-state index contributed by atoms with van der Waals surface area (Å²) in [4.78, 5) is 22.6. The molecule has 1 aliphatic heterocycles. The highest BCUT2D eigenvalue weighted by Crippen LogP contribution is 2.16. The summed E-state index contributed by atoms with van der Waals surface area (Å²) in [6.07, 6.45) is 4.63. The number of aliphatic carboxylic acids is 2. The van der Waals surface area contributed by atoms with Gasteiger partial charge in [0.2, 0.25) is 5.89 Å². The van der Waals surface area contributed by atoms with E-state index in [0.29, 0.717) is 30.9 Å². The fraction of sp³-hybridized carbons (Fsp3) is 0.765. The van der Waals surface area contributed by atoms with Crippen molar-refractivity contribution < 1.29 is 24.2 Å². The van der Waals surface area contributed by atoms with Crippen molar-refractivity contribution in [2.75, 3.05) is 38.1 Å². The normalized spacial score (nSPS) is 16.4. The Morgan fingerprint density at radius 1 is 1.26 bits per heavy atom. The molecule has 4 N–H and O–H groups in total. The van der Waals surface area contributed by atoms with E-state index in [-0.39, 0.29) is 0 Å². The Morgan fingerprint density at radius 2 is 1.85 bits per heavy atom. The topological polar surface area (TPSA) is 146 Å². The molecule has 0 amide bonds. The molecule has 10 nitrogen and oxygen atoms in total. The summed E-state index contributed by atoms with van der Waals surface area (Å²) in [5.41, 5.74) is 5.47. The van der Waals surface area contributed by atoms with E-state index >= 15 is 0 Å². The van der Waals surface area contributed by atoms with Crippen molar-refractivity contribution >= 4 is 18.0 Å². The van der Waals surface area contributed by atoms with E-state index in [1.54, 1.807) is 0 Å². The highest BCUT2D eigenvalue weighted by molar-refractivity contribution is 5.63. The molecular weight excluding hydrogens is 354 g/mol. The Labute approximate surface area is 160 Å². The van der Waals surface area contributed by atoms with Crippen LogP contribution in [0.1, 0.15) is 45.9 Å². The molecule has 1 unspecified atom stereocenters. The van der Waals surface area contributed by atoms with Crippen molar-refractivity contribution in [3.63, 3.8) is 0 Å². The monoisotopic (exact) mass is 387 g/mol. The summed E-state index contributed by atoms with van der Waals surface area (Å²) in [6, 6.07) is 1.28. The van der Waals surface area contributed by atoms with E-state index in [4.69, 9.17) is 30.0 Å². The molecule has 1 saturated heterocycles. The molecule has 0 radical (unpaired) electrons. The second-order valence-corrected chi connectivity index (χ2v) is 6.36. The number of likely N-dealkylation sites (tertiary alicyclic amines) is 1. The van der Waals surface area contributed by atoms with Gasteiger partial charge >= 0.3 is 6.01 Å². The van der Waals surface area contributed by atoms with Crippen molar-refractivity contribution in [1.29, 1.82) is 0 Å². The summed E-state index contributed by atoms with van der Waals surface area (Å²) >= 11 is 0. The van der Waals surface area contributed by atoms with Crippen LogP contribution in [0.3, 0.4) is 0 Å². The molecular formula is C17H33N5O5. The molecule has 1 fully saturated rings. The van der Waals surface area contributed by atoms with Gasteiger partial charge in [0.25, 0.3) is 11.9 Å². The van der Waals surface area contributed by atoms with Gasteiger partial charge in [0, 0.05) is 53.0 Å². The van der Waals surface area contributed by atoms with Crippen LogP contribution >= 0.6 is 0 Å². The van der Waals surface area contributed by atoms with Gasteiger partial charge in [-0.05, 0) is 26.3 Å². The first kappa shape index (κ1) is 24.8. The lowest BCUT2D eigenvalue weighted by Gasteiger charge is -2.34. The zero-order chi connectivity index (χ0) is 20.8. The average Bonchev–Trinajstić information content (AvgIpc) is 3.02. The smallest absolute Gasteiger partial charge is 0.317 e. The van der Waals surface area contributed by atoms with Gasteiger partial charge in [0.1, 0.15) is 0 Å². The first-order chi connectivity index (χ1) is 12.7. The second kappa shape index (κ2) is 13.9. The Balaban J connectivity index is 0.000000718. The first-order valence-electron chi connectivity index (χ1n) is 9.04. The lowest BCUT2D eigenvalue weighted by Crippen LogP contribution is -2.41. The minimum Gasteiger partial charge on any atom is -0.481 e. The number of anilines is 1. The van der Waals surface area contributed by atoms with E-state index in [1.165, 1.54) is 25.8 Å². The molecule has 0 bridgehead atoms. The third-order valence-corrected chi connectivity index (χ3v) is 3.80. The zero-order valence-corrected chi connectivity index (χ0v) is 16.7. The predicted octanol–water partition coefficient (Wildman–Crippen LogP) is 1.06. The number of rotatable bonds is 6. The number of hydrogen-bond acceptors (Lipinski definition) is 8. The van der Waals surface area contributed by atoms with Crippen molar-refractivity contribution in [3.8, 4) is 0 Å². The highest BCUT2D eigenvalue weighted by atomic mass is 16.4. The Kier molecular flexibility index (Phi) is 12.8. The van der Waals surface area contributed by atoms with Crippen LogP contribution in [-0.4, -0.2) is 76.5 Å². The van der Waals surface area contributed by atoms with Gasteiger partial charge in [-0.1, -0.05) is 11.5 Å². The van der Waals surface area contributed by atoms with Gasteiger partial charge < -0.3 is 25.3 Å². The molecule has 27 heavy (non-hydrogen) atoms. The van der Waals surface area contributed by atoms with Crippen molar-refractivity contribution in [3.05, 3.63) is 5.89 Å². The Bertz CT molecular complexity index is 532. The van der Waals surface area contributed by atoms with Crippen LogP contribution < -0.4 is 10.6 Å².